The normalized spacial score (nSPS) is 10.5. The molecule has 6 heteroatoms. The molecule has 0 saturated heterocycles. The van der Waals surface area contributed by atoms with Crippen LogP contribution in [0.4, 0.5) is 0 Å². The second-order valence-electron chi connectivity index (χ2n) is 6.27. The number of amides is 1. The SMILES string of the molecule is C=CCN(Cc1nccn1Cc1ccccc1Cl)C(=O)c1cccc(OC)c1. The van der Waals surface area contributed by atoms with E-state index in [1.165, 1.54) is 0 Å². The minimum absolute atomic E-state index is 0.105. The molecule has 0 aliphatic carbocycles. The second kappa shape index (κ2) is 9.24. The Hall–Kier alpha value is -3.05. The first-order valence-corrected chi connectivity index (χ1v) is 9.27. The van der Waals surface area contributed by atoms with E-state index in [1.54, 1.807) is 42.5 Å². The van der Waals surface area contributed by atoms with Gasteiger partial charge in [-0.25, -0.2) is 4.98 Å². The molecule has 1 amide bonds. The Morgan fingerprint density at radius 1 is 1.29 bits per heavy atom. The first-order chi connectivity index (χ1) is 13.6. The van der Waals surface area contributed by atoms with Gasteiger partial charge in [0.15, 0.2) is 0 Å². The highest BCUT2D eigenvalue weighted by Gasteiger charge is 2.18. The molecule has 0 unspecified atom stereocenters. The molecule has 0 atom stereocenters. The molecule has 0 N–H and O–H groups in total. The summed E-state index contributed by atoms with van der Waals surface area (Å²) in [5, 5.41) is 0.706. The van der Waals surface area contributed by atoms with E-state index >= 15 is 0 Å². The maximum absolute atomic E-state index is 13.0. The molecule has 0 radical (unpaired) electrons. The van der Waals surface area contributed by atoms with Gasteiger partial charge >= 0.3 is 0 Å². The molecule has 144 valence electrons. The summed E-state index contributed by atoms with van der Waals surface area (Å²) < 4.78 is 7.22. The Kier molecular flexibility index (Phi) is 6.50. The second-order valence-corrected chi connectivity index (χ2v) is 6.68. The monoisotopic (exact) mass is 395 g/mol. The van der Waals surface area contributed by atoms with Gasteiger partial charge in [-0.15, -0.1) is 6.58 Å². The van der Waals surface area contributed by atoms with Crippen molar-refractivity contribution >= 4 is 17.5 Å². The van der Waals surface area contributed by atoms with Crippen molar-refractivity contribution in [2.24, 2.45) is 0 Å². The lowest BCUT2D eigenvalue weighted by Crippen LogP contribution is -2.32. The first-order valence-electron chi connectivity index (χ1n) is 8.90. The summed E-state index contributed by atoms with van der Waals surface area (Å²) >= 11 is 6.28. The average Bonchev–Trinajstić information content (AvgIpc) is 3.15. The first kappa shape index (κ1) is 19.7. The van der Waals surface area contributed by atoms with Crippen LogP contribution in [0.2, 0.25) is 5.02 Å². The van der Waals surface area contributed by atoms with Gasteiger partial charge in [0, 0.05) is 29.5 Å². The molecule has 0 spiro atoms. The number of nitrogens with zero attached hydrogens (tertiary/aromatic N) is 3. The smallest absolute Gasteiger partial charge is 0.254 e. The third-order valence-corrected chi connectivity index (χ3v) is 4.75. The van der Waals surface area contributed by atoms with E-state index in [0.717, 1.165) is 11.4 Å². The lowest BCUT2D eigenvalue weighted by Gasteiger charge is -2.22. The van der Waals surface area contributed by atoms with Crippen molar-refractivity contribution in [3.05, 3.63) is 95.6 Å². The van der Waals surface area contributed by atoms with Crippen molar-refractivity contribution in [2.45, 2.75) is 13.1 Å². The molecule has 0 aliphatic heterocycles. The largest absolute Gasteiger partial charge is 0.497 e. The highest BCUT2D eigenvalue weighted by molar-refractivity contribution is 6.31. The Balaban J connectivity index is 1.81. The summed E-state index contributed by atoms with van der Waals surface area (Å²) in [7, 11) is 1.58. The fourth-order valence-corrected chi connectivity index (χ4v) is 3.13. The molecule has 5 nitrogen and oxygen atoms in total. The van der Waals surface area contributed by atoms with Gasteiger partial charge in [-0.3, -0.25) is 4.79 Å². The van der Waals surface area contributed by atoms with E-state index in [4.69, 9.17) is 16.3 Å². The predicted molar refractivity (Wildman–Crippen MR) is 111 cm³/mol. The van der Waals surface area contributed by atoms with Crippen LogP contribution in [0.25, 0.3) is 0 Å². The maximum Gasteiger partial charge on any atom is 0.254 e. The van der Waals surface area contributed by atoms with Crippen LogP contribution >= 0.6 is 11.6 Å². The number of carbonyl (C=O) groups excluding carboxylic acids is 1. The number of methoxy groups -OCH3 is 1. The van der Waals surface area contributed by atoms with Gasteiger partial charge in [0.05, 0.1) is 20.2 Å². The summed E-state index contributed by atoms with van der Waals surface area (Å²) in [6.07, 6.45) is 5.33. The minimum atomic E-state index is -0.105. The number of ether oxygens (including phenoxy) is 1. The van der Waals surface area contributed by atoms with Gasteiger partial charge in [0.1, 0.15) is 11.6 Å². The average molecular weight is 396 g/mol. The van der Waals surface area contributed by atoms with E-state index in [9.17, 15) is 4.79 Å². The zero-order chi connectivity index (χ0) is 19.9. The zero-order valence-corrected chi connectivity index (χ0v) is 16.5. The lowest BCUT2D eigenvalue weighted by atomic mass is 10.2. The fourth-order valence-electron chi connectivity index (χ4n) is 2.93. The fraction of sp³-hybridized carbons (Fsp3) is 0.182. The molecule has 3 rings (SSSR count). The molecule has 0 bridgehead atoms. The van der Waals surface area contributed by atoms with Gasteiger partial charge in [0.2, 0.25) is 0 Å². The van der Waals surface area contributed by atoms with Crippen molar-refractivity contribution in [1.82, 2.24) is 14.5 Å². The van der Waals surface area contributed by atoms with Gasteiger partial charge in [-0.1, -0.05) is 41.9 Å². The molecule has 2 aromatic carbocycles. The van der Waals surface area contributed by atoms with E-state index in [-0.39, 0.29) is 5.91 Å². The number of benzene rings is 2. The third kappa shape index (κ3) is 4.61. The van der Waals surface area contributed by atoms with E-state index in [2.05, 4.69) is 11.6 Å². The predicted octanol–water partition coefficient (Wildman–Crippen LogP) is 4.42. The van der Waals surface area contributed by atoms with E-state index in [1.807, 2.05) is 41.1 Å². The molecular weight excluding hydrogens is 374 g/mol. The minimum Gasteiger partial charge on any atom is -0.497 e. The van der Waals surface area contributed by atoms with Crippen LogP contribution in [0, 0.1) is 0 Å². The third-order valence-electron chi connectivity index (χ3n) is 4.39. The topological polar surface area (TPSA) is 47.4 Å². The van der Waals surface area contributed by atoms with Crippen LogP contribution in [-0.4, -0.2) is 34.0 Å². The van der Waals surface area contributed by atoms with Crippen molar-refractivity contribution < 1.29 is 9.53 Å². The van der Waals surface area contributed by atoms with Crippen molar-refractivity contribution in [2.75, 3.05) is 13.7 Å². The van der Waals surface area contributed by atoms with Crippen molar-refractivity contribution in [3.8, 4) is 5.75 Å². The van der Waals surface area contributed by atoms with Crippen LogP contribution in [0.15, 0.2) is 73.6 Å². The van der Waals surface area contributed by atoms with Gasteiger partial charge in [0.25, 0.3) is 5.91 Å². The number of halogens is 1. The Bertz CT molecular complexity index is 968. The Labute approximate surface area is 169 Å². The van der Waals surface area contributed by atoms with Crippen molar-refractivity contribution in [3.63, 3.8) is 0 Å². The maximum atomic E-state index is 13.0. The zero-order valence-electron chi connectivity index (χ0n) is 15.7. The summed E-state index contributed by atoms with van der Waals surface area (Å²) in [5.41, 5.74) is 1.56. The summed E-state index contributed by atoms with van der Waals surface area (Å²) in [4.78, 5) is 19.2. The van der Waals surface area contributed by atoms with Gasteiger partial charge in [-0.2, -0.15) is 0 Å². The van der Waals surface area contributed by atoms with Gasteiger partial charge < -0.3 is 14.2 Å². The number of rotatable bonds is 8. The van der Waals surface area contributed by atoms with E-state index < -0.39 is 0 Å². The van der Waals surface area contributed by atoms with E-state index in [0.29, 0.717) is 36.0 Å². The number of carbonyl (C=O) groups is 1. The summed E-state index contributed by atoms with van der Waals surface area (Å²) in [6.45, 7) is 5.14. The molecule has 3 aromatic rings. The Morgan fingerprint density at radius 2 is 2.11 bits per heavy atom. The Morgan fingerprint density at radius 3 is 2.86 bits per heavy atom. The molecule has 0 saturated carbocycles. The highest BCUT2D eigenvalue weighted by Crippen LogP contribution is 2.19. The number of aromatic nitrogens is 2. The molecule has 28 heavy (non-hydrogen) atoms. The molecular formula is C22H22ClN3O2. The van der Waals surface area contributed by atoms with Crippen LogP contribution in [-0.2, 0) is 13.1 Å². The number of hydrogen-bond donors (Lipinski definition) is 0. The summed E-state index contributed by atoms with van der Waals surface area (Å²) in [5.74, 6) is 1.31. The molecule has 1 heterocycles. The quantitative estimate of drug-likeness (QED) is 0.530. The van der Waals surface area contributed by atoms with Crippen LogP contribution in [0.5, 0.6) is 5.75 Å². The molecule has 1 aromatic heterocycles. The molecule has 0 fully saturated rings. The van der Waals surface area contributed by atoms with Crippen LogP contribution in [0.1, 0.15) is 21.7 Å². The lowest BCUT2D eigenvalue weighted by molar-refractivity contribution is 0.0757. The highest BCUT2D eigenvalue weighted by atomic mass is 35.5. The standard InChI is InChI=1S/C22H22ClN3O2/c1-3-12-26(22(27)17-8-6-9-19(14-17)28-2)16-21-24-11-13-25(21)15-18-7-4-5-10-20(18)23/h3-11,13-14H,1,12,15-16H2,2H3. The molecule has 0 aliphatic rings. The van der Waals surface area contributed by atoms with Gasteiger partial charge in [-0.05, 0) is 29.8 Å². The number of hydrogen-bond acceptors (Lipinski definition) is 3. The number of imidazole rings is 1. The summed E-state index contributed by atoms with van der Waals surface area (Å²) in [6, 6.07) is 14.8. The van der Waals surface area contributed by atoms with Crippen LogP contribution < -0.4 is 4.74 Å². The van der Waals surface area contributed by atoms with Crippen LogP contribution in [0.3, 0.4) is 0 Å². The van der Waals surface area contributed by atoms with Crippen molar-refractivity contribution in [1.29, 1.82) is 0 Å².